The number of amides is 2. The molecule has 0 aliphatic heterocycles. The first-order valence-corrected chi connectivity index (χ1v) is 9.75. The maximum Gasteiger partial charge on any atom is 0.252 e. The van der Waals surface area contributed by atoms with E-state index in [1.165, 1.54) is 0 Å². The molecule has 3 aromatic rings. The van der Waals surface area contributed by atoms with Crippen LogP contribution in [0, 0.1) is 0 Å². The highest BCUT2D eigenvalue weighted by Gasteiger charge is 2.23. The predicted octanol–water partition coefficient (Wildman–Crippen LogP) is 4.52. The molecular formula is C22H20N2O2S. The summed E-state index contributed by atoms with van der Waals surface area (Å²) in [5.74, 6) is -0.584. The molecule has 3 aromatic carbocycles. The standard InChI is InChI=1S/C22H20N2O2S/c1-27-19-14-12-18(13-15-19)23-22(26)20(16-8-4-2-5-9-16)24-21(25)17-10-6-3-7-11-17/h2-15,20H,1H3,(H,23,26)(H,24,25). The van der Waals surface area contributed by atoms with E-state index in [-0.39, 0.29) is 11.8 Å². The highest BCUT2D eigenvalue weighted by atomic mass is 32.2. The number of benzene rings is 3. The van der Waals surface area contributed by atoms with Crippen molar-refractivity contribution in [2.45, 2.75) is 10.9 Å². The Balaban J connectivity index is 1.81. The molecule has 2 amide bonds. The van der Waals surface area contributed by atoms with Crippen molar-refractivity contribution in [1.82, 2.24) is 5.32 Å². The molecule has 3 rings (SSSR count). The molecule has 2 N–H and O–H groups in total. The zero-order valence-electron chi connectivity index (χ0n) is 14.9. The van der Waals surface area contributed by atoms with Gasteiger partial charge in [-0.2, -0.15) is 0 Å². The lowest BCUT2D eigenvalue weighted by atomic mass is 10.1. The molecule has 1 atom stereocenters. The highest BCUT2D eigenvalue weighted by molar-refractivity contribution is 7.98. The molecule has 27 heavy (non-hydrogen) atoms. The van der Waals surface area contributed by atoms with E-state index in [1.54, 1.807) is 36.0 Å². The van der Waals surface area contributed by atoms with Crippen LogP contribution in [-0.4, -0.2) is 18.1 Å². The smallest absolute Gasteiger partial charge is 0.252 e. The summed E-state index contributed by atoms with van der Waals surface area (Å²) in [6.45, 7) is 0. The topological polar surface area (TPSA) is 58.2 Å². The molecule has 0 aliphatic rings. The van der Waals surface area contributed by atoms with Crippen LogP contribution >= 0.6 is 11.8 Å². The van der Waals surface area contributed by atoms with Crippen molar-refractivity contribution in [3.63, 3.8) is 0 Å². The zero-order chi connectivity index (χ0) is 19.1. The Morgan fingerprint density at radius 1 is 0.815 bits per heavy atom. The first-order chi connectivity index (χ1) is 13.2. The fraction of sp³-hybridized carbons (Fsp3) is 0.0909. The summed E-state index contributed by atoms with van der Waals surface area (Å²) in [7, 11) is 0. The molecule has 136 valence electrons. The van der Waals surface area contributed by atoms with Crippen LogP contribution in [0.4, 0.5) is 5.69 Å². The number of hydrogen-bond acceptors (Lipinski definition) is 3. The van der Waals surface area contributed by atoms with Gasteiger partial charge in [-0.25, -0.2) is 0 Å². The summed E-state index contributed by atoms with van der Waals surface area (Å²) in [5.41, 5.74) is 1.92. The fourth-order valence-corrected chi connectivity index (χ4v) is 3.05. The number of nitrogens with one attached hydrogen (secondary N) is 2. The lowest BCUT2D eigenvalue weighted by Crippen LogP contribution is -2.37. The molecule has 0 heterocycles. The molecule has 0 fully saturated rings. The number of hydrogen-bond donors (Lipinski definition) is 2. The molecule has 0 radical (unpaired) electrons. The second-order valence-corrected chi connectivity index (χ2v) is 6.78. The number of carbonyl (C=O) groups is 2. The molecule has 1 unspecified atom stereocenters. The van der Waals surface area contributed by atoms with Crippen LogP contribution in [-0.2, 0) is 4.79 Å². The summed E-state index contributed by atoms with van der Waals surface area (Å²) in [6, 6.07) is 24.9. The van der Waals surface area contributed by atoms with Crippen LogP contribution < -0.4 is 10.6 Å². The molecule has 0 aliphatic carbocycles. The summed E-state index contributed by atoms with van der Waals surface area (Å²) >= 11 is 1.64. The molecule has 5 heteroatoms. The van der Waals surface area contributed by atoms with Gasteiger partial charge in [-0.05, 0) is 48.2 Å². The zero-order valence-corrected chi connectivity index (χ0v) is 15.7. The summed E-state index contributed by atoms with van der Waals surface area (Å²) in [5, 5.41) is 5.72. The molecule has 0 saturated heterocycles. The first kappa shape index (κ1) is 18.7. The molecule has 0 saturated carbocycles. The monoisotopic (exact) mass is 376 g/mol. The molecule has 0 aromatic heterocycles. The first-order valence-electron chi connectivity index (χ1n) is 8.53. The summed E-state index contributed by atoms with van der Waals surface area (Å²) in [4.78, 5) is 26.6. The third-order valence-electron chi connectivity index (χ3n) is 4.06. The van der Waals surface area contributed by atoms with Gasteiger partial charge >= 0.3 is 0 Å². The van der Waals surface area contributed by atoms with Crippen molar-refractivity contribution in [3.8, 4) is 0 Å². The fourth-order valence-electron chi connectivity index (χ4n) is 2.64. The second kappa shape index (κ2) is 9.05. The van der Waals surface area contributed by atoms with E-state index < -0.39 is 6.04 Å². The minimum Gasteiger partial charge on any atom is -0.336 e. The second-order valence-electron chi connectivity index (χ2n) is 5.90. The maximum atomic E-state index is 12.9. The van der Waals surface area contributed by atoms with Crippen molar-refractivity contribution in [1.29, 1.82) is 0 Å². The Hall–Kier alpha value is -3.05. The highest BCUT2D eigenvalue weighted by Crippen LogP contribution is 2.20. The number of thioether (sulfide) groups is 1. The Morgan fingerprint density at radius 2 is 1.41 bits per heavy atom. The van der Waals surface area contributed by atoms with Crippen molar-refractivity contribution in [3.05, 3.63) is 96.1 Å². The van der Waals surface area contributed by atoms with Gasteiger partial charge in [0.15, 0.2) is 0 Å². The average Bonchev–Trinajstić information content (AvgIpc) is 2.73. The van der Waals surface area contributed by atoms with Gasteiger partial charge in [0, 0.05) is 16.1 Å². The van der Waals surface area contributed by atoms with Gasteiger partial charge in [0.25, 0.3) is 11.8 Å². The quantitative estimate of drug-likeness (QED) is 0.622. The molecule has 0 bridgehead atoms. The summed E-state index contributed by atoms with van der Waals surface area (Å²) in [6.07, 6.45) is 2.00. The molecular weight excluding hydrogens is 356 g/mol. The lowest BCUT2D eigenvalue weighted by molar-refractivity contribution is -0.118. The van der Waals surface area contributed by atoms with Gasteiger partial charge in [0.1, 0.15) is 6.04 Å². The lowest BCUT2D eigenvalue weighted by Gasteiger charge is -2.19. The van der Waals surface area contributed by atoms with E-state index in [0.717, 1.165) is 10.5 Å². The predicted molar refractivity (Wildman–Crippen MR) is 110 cm³/mol. The Kier molecular flexibility index (Phi) is 6.28. The van der Waals surface area contributed by atoms with E-state index >= 15 is 0 Å². The van der Waals surface area contributed by atoms with E-state index in [0.29, 0.717) is 11.3 Å². The Labute approximate surface area is 163 Å². The van der Waals surface area contributed by atoms with Crippen molar-refractivity contribution in [2.24, 2.45) is 0 Å². The minimum atomic E-state index is -0.792. The molecule has 0 spiro atoms. The van der Waals surface area contributed by atoms with Gasteiger partial charge in [-0.1, -0.05) is 48.5 Å². The third-order valence-corrected chi connectivity index (χ3v) is 4.81. The Bertz CT molecular complexity index is 897. The van der Waals surface area contributed by atoms with Crippen LogP contribution in [0.1, 0.15) is 22.0 Å². The van der Waals surface area contributed by atoms with Gasteiger partial charge in [-0.15, -0.1) is 11.8 Å². The van der Waals surface area contributed by atoms with Crippen LogP contribution in [0.3, 0.4) is 0 Å². The van der Waals surface area contributed by atoms with E-state index in [2.05, 4.69) is 10.6 Å². The van der Waals surface area contributed by atoms with E-state index in [1.807, 2.05) is 66.9 Å². The minimum absolute atomic E-state index is 0.289. The van der Waals surface area contributed by atoms with E-state index in [4.69, 9.17) is 0 Å². The van der Waals surface area contributed by atoms with Gasteiger partial charge in [0.2, 0.25) is 0 Å². The maximum absolute atomic E-state index is 12.9. The SMILES string of the molecule is CSc1ccc(NC(=O)C(NC(=O)c2ccccc2)c2ccccc2)cc1. The van der Waals surface area contributed by atoms with Crippen LogP contribution in [0.2, 0.25) is 0 Å². The number of rotatable bonds is 6. The largest absolute Gasteiger partial charge is 0.336 e. The van der Waals surface area contributed by atoms with Crippen molar-refractivity contribution in [2.75, 3.05) is 11.6 Å². The van der Waals surface area contributed by atoms with Crippen LogP contribution in [0.15, 0.2) is 89.8 Å². The normalized spacial score (nSPS) is 11.4. The number of carbonyl (C=O) groups excluding carboxylic acids is 2. The average molecular weight is 376 g/mol. The van der Waals surface area contributed by atoms with Gasteiger partial charge < -0.3 is 10.6 Å². The van der Waals surface area contributed by atoms with E-state index in [9.17, 15) is 9.59 Å². The van der Waals surface area contributed by atoms with Crippen LogP contribution in [0.5, 0.6) is 0 Å². The van der Waals surface area contributed by atoms with Crippen molar-refractivity contribution < 1.29 is 9.59 Å². The number of anilines is 1. The summed E-state index contributed by atoms with van der Waals surface area (Å²) < 4.78 is 0. The van der Waals surface area contributed by atoms with Crippen molar-refractivity contribution >= 4 is 29.3 Å². The van der Waals surface area contributed by atoms with Gasteiger partial charge in [-0.3, -0.25) is 9.59 Å². The van der Waals surface area contributed by atoms with Crippen LogP contribution in [0.25, 0.3) is 0 Å². The van der Waals surface area contributed by atoms with Gasteiger partial charge in [0.05, 0.1) is 0 Å². The Morgan fingerprint density at radius 3 is 2.00 bits per heavy atom. The third kappa shape index (κ3) is 4.99. The molecule has 4 nitrogen and oxygen atoms in total.